The first-order valence-corrected chi connectivity index (χ1v) is 6.57. The van der Waals surface area contributed by atoms with E-state index < -0.39 is 6.10 Å². The van der Waals surface area contributed by atoms with Gasteiger partial charge in [-0.2, -0.15) is 0 Å². The minimum absolute atomic E-state index is 0.557. The molecule has 1 N–H and O–H groups in total. The lowest BCUT2D eigenvalue weighted by Gasteiger charge is -2.14. The van der Waals surface area contributed by atoms with Crippen LogP contribution in [0, 0.1) is 6.92 Å². The van der Waals surface area contributed by atoms with Crippen molar-refractivity contribution in [3.05, 3.63) is 58.1 Å². The third-order valence-corrected chi connectivity index (χ3v) is 3.14. The van der Waals surface area contributed by atoms with Gasteiger partial charge in [0.2, 0.25) is 0 Å². The van der Waals surface area contributed by atoms with Crippen LogP contribution in [0.15, 0.2) is 46.9 Å². The summed E-state index contributed by atoms with van der Waals surface area (Å²) in [5, 5.41) is 9.73. The highest BCUT2D eigenvalue weighted by molar-refractivity contribution is 9.10. The number of aryl methyl sites for hydroxylation is 1. The summed E-state index contributed by atoms with van der Waals surface area (Å²) in [6.07, 6.45) is -0.557. The Hall–Kier alpha value is -1.32. The average molecular weight is 307 g/mol. The average Bonchev–Trinajstić information content (AvgIpc) is 2.28. The lowest BCUT2D eigenvalue weighted by Crippen LogP contribution is -1.96. The number of aliphatic hydroxyl groups excluding tert-OH is 1. The molecule has 0 radical (unpaired) electrons. The first-order chi connectivity index (χ1) is 8.56. The van der Waals surface area contributed by atoms with E-state index >= 15 is 0 Å². The van der Waals surface area contributed by atoms with Crippen LogP contribution in [0.5, 0.6) is 11.5 Å². The molecule has 0 aliphatic rings. The number of hydrogen-bond acceptors (Lipinski definition) is 2. The fourth-order valence-electron chi connectivity index (χ4n) is 1.75. The van der Waals surface area contributed by atoms with Gasteiger partial charge in [-0.3, -0.25) is 0 Å². The minimum Gasteiger partial charge on any atom is -0.457 e. The van der Waals surface area contributed by atoms with Crippen LogP contribution in [0.2, 0.25) is 0 Å². The maximum atomic E-state index is 9.73. The molecule has 2 rings (SSSR count). The summed E-state index contributed by atoms with van der Waals surface area (Å²) < 4.78 is 6.77. The van der Waals surface area contributed by atoms with Crippen LogP contribution in [0.1, 0.15) is 24.2 Å². The van der Waals surface area contributed by atoms with E-state index in [1.165, 1.54) is 0 Å². The monoisotopic (exact) mass is 306 g/mol. The van der Waals surface area contributed by atoms with Gasteiger partial charge < -0.3 is 9.84 Å². The van der Waals surface area contributed by atoms with E-state index in [9.17, 15) is 5.11 Å². The largest absolute Gasteiger partial charge is 0.457 e. The normalized spacial score (nSPS) is 12.2. The predicted molar refractivity (Wildman–Crippen MR) is 76.0 cm³/mol. The molecule has 2 aromatic rings. The Morgan fingerprint density at radius 2 is 1.94 bits per heavy atom. The van der Waals surface area contributed by atoms with Crippen molar-refractivity contribution in [1.82, 2.24) is 0 Å². The molecular formula is C15H15BrO2. The Morgan fingerprint density at radius 3 is 2.61 bits per heavy atom. The summed E-state index contributed by atoms with van der Waals surface area (Å²) in [6.45, 7) is 3.75. The highest BCUT2D eigenvalue weighted by Gasteiger charge is 2.10. The number of aliphatic hydroxyl groups is 1. The second-order valence-corrected chi connectivity index (χ2v) is 5.19. The molecule has 0 heterocycles. The summed E-state index contributed by atoms with van der Waals surface area (Å²) in [5.74, 6) is 1.44. The van der Waals surface area contributed by atoms with Crippen LogP contribution < -0.4 is 4.74 Å². The Morgan fingerprint density at radius 1 is 1.17 bits per heavy atom. The van der Waals surface area contributed by atoms with Crippen molar-refractivity contribution >= 4 is 15.9 Å². The molecule has 0 saturated carbocycles. The van der Waals surface area contributed by atoms with Crippen LogP contribution in [0.25, 0.3) is 0 Å². The topological polar surface area (TPSA) is 29.5 Å². The van der Waals surface area contributed by atoms with Crippen LogP contribution in [0.4, 0.5) is 0 Å². The van der Waals surface area contributed by atoms with Gasteiger partial charge in [0.25, 0.3) is 0 Å². The van der Waals surface area contributed by atoms with Crippen molar-refractivity contribution in [2.75, 3.05) is 0 Å². The maximum absolute atomic E-state index is 9.73. The van der Waals surface area contributed by atoms with E-state index in [0.717, 1.165) is 21.3 Å². The van der Waals surface area contributed by atoms with Crippen LogP contribution in [0.3, 0.4) is 0 Å². The molecule has 0 aromatic heterocycles. The standard InChI is InChI=1S/C15H15BrO2/c1-10-4-3-5-13(8-10)18-15-9-12(16)6-7-14(15)11(2)17/h3-9,11,17H,1-2H3. The van der Waals surface area contributed by atoms with Gasteiger partial charge in [0.15, 0.2) is 0 Å². The van der Waals surface area contributed by atoms with Crippen molar-refractivity contribution in [2.24, 2.45) is 0 Å². The molecule has 0 aliphatic heterocycles. The van der Waals surface area contributed by atoms with Gasteiger partial charge in [0.05, 0.1) is 6.10 Å². The van der Waals surface area contributed by atoms with E-state index in [1.54, 1.807) is 6.92 Å². The molecule has 2 nitrogen and oxygen atoms in total. The fraction of sp³-hybridized carbons (Fsp3) is 0.200. The van der Waals surface area contributed by atoms with Crippen molar-refractivity contribution in [3.8, 4) is 11.5 Å². The summed E-state index contributed by atoms with van der Waals surface area (Å²) in [5.41, 5.74) is 1.92. The summed E-state index contributed by atoms with van der Waals surface area (Å²) in [4.78, 5) is 0. The summed E-state index contributed by atoms with van der Waals surface area (Å²) in [6, 6.07) is 13.5. The fourth-order valence-corrected chi connectivity index (χ4v) is 2.09. The number of hydrogen-bond donors (Lipinski definition) is 1. The van der Waals surface area contributed by atoms with Gasteiger partial charge in [0, 0.05) is 10.0 Å². The van der Waals surface area contributed by atoms with Gasteiger partial charge in [-0.05, 0) is 43.7 Å². The van der Waals surface area contributed by atoms with Gasteiger partial charge in [0.1, 0.15) is 11.5 Å². The third-order valence-electron chi connectivity index (χ3n) is 2.64. The van der Waals surface area contributed by atoms with Gasteiger partial charge in [-0.15, -0.1) is 0 Å². The molecule has 2 aromatic carbocycles. The molecule has 94 valence electrons. The third kappa shape index (κ3) is 3.12. The molecule has 0 aliphatic carbocycles. The molecule has 18 heavy (non-hydrogen) atoms. The van der Waals surface area contributed by atoms with Crippen LogP contribution >= 0.6 is 15.9 Å². The van der Waals surface area contributed by atoms with E-state index in [1.807, 2.05) is 49.4 Å². The minimum atomic E-state index is -0.557. The zero-order valence-electron chi connectivity index (χ0n) is 10.4. The lowest BCUT2D eigenvalue weighted by molar-refractivity contribution is 0.195. The van der Waals surface area contributed by atoms with E-state index in [2.05, 4.69) is 15.9 Å². The predicted octanol–water partition coefficient (Wildman–Crippen LogP) is 4.60. The van der Waals surface area contributed by atoms with E-state index in [-0.39, 0.29) is 0 Å². The Labute approximate surface area is 115 Å². The highest BCUT2D eigenvalue weighted by atomic mass is 79.9. The molecule has 0 amide bonds. The molecule has 1 unspecified atom stereocenters. The Balaban J connectivity index is 2.36. The molecule has 0 spiro atoms. The second-order valence-electron chi connectivity index (χ2n) is 4.28. The zero-order chi connectivity index (χ0) is 13.1. The molecule has 3 heteroatoms. The smallest absolute Gasteiger partial charge is 0.134 e. The second kappa shape index (κ2) is 5.55. The van der Waals surface area contributed by atoms with Gasteiger partial charge >= 0.3 is 0 Å². The lowest BCUT2D eigenvalue weighted by atomic mass is 10.1. The quantitative estimate of drug-likeness (QED) is 0.897. The number of benzene rings is 2. The number of rotatable bonds is 3. The van der Waals surface area contributed by atoms with Gasteiger partial charge in [-0.25, -0.2) is 0 Å². The number of ether oxygens (including phenoxy) is 1. The van der Waals surface area contributed by atoms with E-state index in [4.69, 9.17) is 4.74 Å². The molecular weight excluding hydrogens is 292 g/mol. The SMILES string of the molecule is Cc1cccc(Oc2cc(Br)ccc2C(C)O)c1. The first-order valence-electron chi connectivity index (χ1n) is 5.78. The van der Waals surface area contributed by atoms with Crippen molar-refractivity contribution in [1.29, 1.82) is 0 Å². The Bertz CT molecular complexity index is 550. The van der Waals surface area contributed by atoms with Crippen LogP contribution in [-0.4, -0.2) is 5.11 Å². The van der Waals surface area contributed by atoms with Gasteiger partial charge in [-0.1, -0.05) is 34.1 Å². The molecule has 0 bridgehead atoms. The molecule has 0 fully saturated rings. The number of halogens is 1. The summed E-state index contributed by atoms with van der Waals surface area (Å²) in [7, 11) is 0. The van der Waals surface area contributed by atoms with Crippen molar-refractivity contribution < 1.29 is 9.84 Å². The highest BCUT2D eigenvalue weighted by Crippen LogP contribution is 2.32. The van der Waals surface area contributed by atoms with E-state index in [0.29, 0.717) is 5.75 Å². The maximum Gasteiger partial charge on any atom is 0.134 e. The van der Waals surface area contributed by atoms with Crippen molar-refractivity contribution in [2.45, 2.75) is 20.0 Å². The zero-order valence-corrected chi connectivity index (χ0v) is 11.9. The van der Waals surface area contributed by atoms with Crippen LogP contribution in [-0.2, 0) is 0 Å². The Kier molecular flexibility index (Phi) is 4.04. The van der Waals surface area contributed by atoms with Crippen molar-refractivity contribution in [3.63, 3.8) is 0 Å². The first kappa shape index (κ1) is 13.1. The summed E-state index contributed by atoms with van der Waals surface area (Å²) >= 11 is 3.41. The molecule has 0 saturated heterocycles. The molecule has 1 atom stereocenters.